The van der Waals surface area contributed by atoms with Crippen molar-refractivity contribution in [2.24, 2.45) is 0 Å². The highest BCUT2D eigenvalue weighted by Crippen LogP contribution is 2.41. The van der Waals surface area contributed by atoms with Crippen molar-refractivity contribution in [1.82, 2.24) is 34.9 Å². The molecular formula is C31H36N8O2. The number of nitrogens with zero attached hydrogens (tertiary/aromatic N) is 6. The minimum absolute atomic E-state index is 0.00454. The molecule has 2 N–H and O–H groups in total. The van der Waals surface area contributed by atoms with Crippen LogP contribution in [0.5, 0.6) is 0 Å². The Balaban J connectivity index is 1.25. The van der Waals surface area contributed by atoms with Gasteiger partial charge in [0.15, 0.2) is 0 Å². The Morgan fingerprint density at radius 1 is 1.05 bits per heavy atom. The summed E-state index contributed by atoms with van der Waals surface area (Å²) < 4.78 is 7.70. The molecule has 7 rings (SSSR count). The number of ether oxygens (including phenoxy) is 1. The summed E-state index contributed by atoms with van der Waals surface area (Å²) in [5, 5.41) is 15.9. The third kappa shape index (κ3) is 5.47. The molecule has 4 aromatic rings. The molecule has 10 heteroatoms. The molecule has 2 aliphatic heterocycles. The van der Waals surface area contributed by atoms with E-state index in [1.165, 1.54) is 5.56 Å². The Bertz CT molecular complexity index is 1590. The molecule has 0 amide bonds. The van der Waals surface area contributed by atoms with Crippen molar-refractivity contribution in [1.29, 1.82) is 0 Å². The predicted octanol–water partition coefficient (Wildman–Crippen LogP) is 4.07. The van der Waals surface area contributed by atoms with Gasteiger partial charge in [-0.3, -0.25) is 14.3 Å². The highest BCUT2D eigenvalue weighted by Gasteiger charge is 2.28. The monoisotopic (exact) mass is 552 g/mol. The van der Waals surface area contributed by atoms with Crippen LogP contribution in [-0.4, -0.2) is 62.9 Å². The van der Waals surface area contributed by atoms with Crippen molar-refractivity contribution >= 4 is 22.7 Å². The van der Waals surface area contributed by atoms with Crippen LogP contribution < -0.4 is 16.2 Å². The number of anilines is 2. The quantitative estimate of drug-likeness (QED) is 0.351. The van der Waals surface area contributed by atoms with Crippen LogP contribution in [0, 0.1) is 0 Å². The number of hydrogen-bond acceptors (Lipinski definition) is 9. The molecule has 3 aromatic heterocycles. The summed E-state index contributed by atoms with van der Waals surface area (Å²) in [4.78, 5) is 26.0. The lowest BCUT2D eigenvalue weighted by molar-refractivity contribution is 0.0277. The van der Waals surface area contributed by atoms with Gasteiger partial charge in [-0.1, -0.05) is 18.6 Å². The number of morpholine rings is 1. The number of likely N-dealkylation sites (tertiary alicyclic amines) is 1. The van der Waals surface area contributed by atoms with E-state index in [0.717, 1.165) is 79.5 Å². The first-order valence-corrected chi connectivity index (χ1v) is 14.7. The van der Waals surface area contributed by atoms with Gasteiger partial charge in [-0.05, 0) is 80.1 Å². The summed E-state index contributed by atoms with van der Waals surface area (Å²) in [6, 6.07) is 10.3. The average molecular weight is 553 g/mol. The molecule has 10 nitrogen and oxygen atoms in total. The summed E-state index contributed by atoms with van der Waals surface area (Å²) in [7, 11) is 2.11. The van der Waals surface area contributed by atoms with Gasteiger partial charge in [0.25, 0.3) is 5.56 Å². The first kappa shape index (κ1) is 26.2. The van der Waals surface area contributed by atoms with E-state index < -0.39 is 0 Å². The van der Waals surface area contributed by atoms with E-state index in [9.17, 15) is 4.79 Å². The van der Waals surface area contributed by atoms with Crippen molar-refractivity contribution in [3.05, 3.63) is 81.5 Å². The number of nitrogens with one attached hydrogen (secondary N) is 2. The Hall–Kier alpha value is -3.73. The Morgan fingerprint density at radius 3 is 2.68 bits per heavy atom. The van der Waals surface area contributed by atoms with Crippen molar-refractivity contribution in [2.75, 3.05) is 38.6 Å². The zero-order valence-electron chi connectivity index (χ0n) is 23.4. The molecule has 1 aliphatic carbocycles. The lowest BCUT2D eigenvalue weighted by atomic mass is 9.96. The Kier molecular flexibility index (Phi) is 7.20. The standard InChI is InChI=1S/C31H36N8O2/c1-38-12-3-2-4-27(38)25-14-22-15-33-31(36-24-9-7-21(8-10-24)28-18-32-11-13-41-28)37-29(22)39(30(25)40)19-23-16-34-35-17-26(23)20-5-6-20/h7-10,14-17,20,27-28,32H,2-6,11-13,18-19H2,1H3,(H,33,36,37). The maximum absolute atomic E-state index is 14.2. The lowest BCUT2D eigenvalue weighted by Gasteiger charge is -2.32. The topological polar surface area (TPSA) is 110 Å². The highest BCUT2D eigenvalue weighted by atomic mass is 16.5. The van der Waals surface area contributed by atoms with Crippen LogP contribution in [0.15, 0.2) is 53.7 Å². The summed E-state index contributed by atoms with van der Waals surface area (Å²) in [6.45, 7) is 3.81. The summed E-state index contributed by atoms with van der Waals surface area (Å²) in [5.41, 5.74) is 5.66. The molecule has 0 bridgehead atoms. The minimum atomic E-state index is 0.00454. The van der Waals surface area contributed by atoms with Crippen LogP contribution in [0.3, 0.4) is 0 Å². The van der Waals surface area contributed by atoms with Gasteiger partial charge in [-0.2, -0.15) is 15.2 Å². The molecule has 3 aliphatic rings. The van der Waals surface area contributed by atoms with Crippen molar-refractivity contribution < 1.29 is 4.74 Å². The fourth-order valence-electron chi connectivity index (χ4n) is 6.21. The SMILES string of the molecule is CN1CCCCC1c1cc2cnc(Nc3ccc(C4CNCCO4)cc3)nc2n(Cc2cnncc2C2CC2)c1=O. The van der Waals surface area contributed by atoms with Gasteiger partial charge >= 0.3 is 0 Å². The van der Waals surface area contributed by atoms with Gasteiger partial charge in [0.05, 0.1) is 31.6 Å². The van der Waals surface area contributed by atoms with E-state index >= 15 is 0 Å². The molecule has 1 aromatic carbocycles. The Labute approximate surface area is 239 Å². The van der Waals surface area contributed by atoms with E-state index in [2.05, 4.69) is 49.9 Å². The molecule has 1 saturated carbocycles. The summed E-state index contributed by atoms with van der Waals surface area (Å²) >= 11 is 0. The molecule has 0 radical (unpaired) electrons. The second-order valence-electron chi connectivity index (χ2n) is 11.5. The molecule has 41 heavy (non-hydrogen) atoms. The van der Waals surface area contributed by atoms with Crippen LogP contribution in [0.4, 0.5) is 11.6 Å². The van der Waals surface area contributed by atoms with E-state index in [4.69, 9.17) is 9.72 Å². The molecule has 2 saturated heterocycles. The third-order valence-corrected chi connectivity index (χ3v) is 8.64. The van der Waals surface area contributed by atoms with Crippen molar-refractivity contribution in [3.63, 3.8) is 0 Å². The summed E-state index contributed by atoms with van der Waals surface area (Å²) in [6.07, 6.45) is 11.1. The molecular weight excluding hydrogens is 516 g/mol. The van der Waals surface area contributed by atoms with E-state index in [0.29, 0.717) is 30.7 Å². The van der Waals surface area contributed by atoms with Gasteiger partial charge in [-0.25, -0.2) is 4.98 Å². The van der Waals surface area contributed by atoms with E-state index in [-0.39, 0.29) is 17.7 Å². The number of pyridine rings is 1. The van der Waals surface area contributed by atoms with Crippen molar-refractivity contribution in [2.45, 2.75) is 56.7 Å². The van der Waals surface area contributed by atoms with Crippen LogP contribution >= 0.6 is 0 Å². The third-order valence-electron chi connectivity index (χ3n) is 8.64. The van der Waals surface area contributed by atoms with Gasteiger partial charge < -0.3 is 15.4 Å². The van der Waals surface area contributed by atoms with Gasteiger partial charge in [0, 0.05) is 42.0 Å². The number of aromatic nitrogens is 5. The fraction of sp³-hybridized carbons (Fsp3) is 0.452. The highest BCUT2D eigenvalue weighted by molar-refractivity contribution is 5.77. The number of benzene rings is 1. The molecule has 2 unspecified atom stereocenters. The van der Waals surface area contributed by atoms with Gasteiger partial charge in [0.1, 0.15) is 5.65 Å². The summed E-state index contributed by atoms with van der Waals surface area (Å²) in [5.74, 6) is 0.950. The largest absolute Gasteiger partial charge is 0.371 e. The van der Waals surface area contributed by atoms with Crippen molar-refractivity contribution in [3.8, 4) is 0 Å². The van der Waals surface area contributed by atoms with Gasteiger partial charge in [-0.15, -0.1) is 0 Å². The fourth-order valence-corrected chi connectivity index (χ4v) is 6.21. The molecule has 0 spiro atoms. The van der Waals surface area contributed by atoms with Crippen LogP contribution in [-0.2, 0) is 11.3 Å². The molecule has 2 atom stereocenters. The average Bonchev–Trinajstić information content (AvgIpc) is 3.86. The van der Waals surface area contributed by atoms with Crippen LogP contribution in [0.25, 0.3) is 11.0 Å². The number of rotatable bonds is 7. The second kappa shape index (κ2) is 11.3. The first-order valence-electron chi connectivity index (χ1n) is 14.7. The predicted molar refractivity (Wildman–Crippen MR) is 157 cm³/mol. The van der Waals surface area contributed by atoms with Crippen LogP contribution in [0.2, 0.25) is 0 Å². The minimum Gasteiger partial charge on any atom is -0.371 e. The van der Waals surface area contributed by atoms with Crippen LogP contribution in [0.1, 0.15) is 72.4 Å². The maximum Gasteiger partial charge on any atom is 0.257 e. The zero-order chi connectivity index (χ0) is 27.8. The number of fused-ring (bicyclic) bond motifs is 1. The van der Waals surface area contributed by atoms with Gasteiger partial charge in [0.2, 0.25) is 5.95 Å². The van der Waals surface area contributed by atoms with E-state index in [1.807, 2.05) is 35.2 Å². The smallest absolute Gasteiger partial charge is 0.257 e. The molecule has 212 valence electrons. The van der Waals surface area contributed by atoms with E-state index in [1.54, 1.807) is 6.20 Å². The Morgan fingerprint density at radius 2 is 1.90 bits per heavy atom. The molecule has 3 fully saturated rings. The number of piperidine rings is 1. The lowest BCUT2D eigenvalue weighted by Crippen LogP contribution is -2.36. The number of hydrogen-bond donors (Lipinski definition) is 2. The molecule has 5 heterocycles. The maximum atomic E-state index is 14.2. The normalized spacial score (nSPS) is 21.7. The zero-order valence-corrected chi connectivity index (χ0v) is 23.4. The second-order valence-corrected chi connectivity index (χ2v) is 11.5. The first-order chi connectivity index (χ1) is 20.1.